The smallest absolute Gasteiger partial charge is 0.232 e. The van der Waals surface area contributed by atoms with Crippen LogP contribution in [0.15, 0.2) is 64.0 Å². The molecule has 0 aliphatic carbocycles. The minimum absolute atomic E-state index is 0.00487. The van der Waals surface area contributed by atoms with Gasteiger partial charge in [0.2, 0.25) is 11.8 Å². The lowest BCUT2D eigenvalue weighted by molar-refractivity contribution is -0.117. The molecule has 29 heavy (non-hydrogen) atoms. The number of rotatable bonds is 6. The predicted octanol–water partition coefficient (Wildman–Crippen LogP) is 2.91. The van der Waals surface area contributed by atoms with Crippen molar-refractivity contribution in [1.82, 2.24) is 10.1 Å². The second-order valence-electron chi connectivity index (χ2n) is 7.17. The van der Waals surface area contributed by atoms with Crippen LogP contribution in [0.4, 0.5) is 5.69 Å². The molecule has 0 saturated carbocycles. The van der Waals surface area contributed by atoms with E-state index < -0.39 is 9.84 Å². The molecule has 1 saturated heterocycles. The van der Waals surface area contributed by atoms with Gasteiger partial charge in [-0.1, -0.05) is 41.1 Å². The first-order valence-corrected chi connectivity index (χ1v) is 11.0. The Morgan fingerprint density at radius 1 is 1.10 bits per heavy atom. The first-order valence-electron chi connectivity index (χ1n) is 9.40. The third-order valence-corrected chi connectivity index (χ3v) is 6.73. The number of amides is 1. The molecule has 0 bridgehead atoms. The van der Waals surface area contributed by atoms with Crippen molar-refractivity contribution in [3.05, 3.63) is 71.9 Å². The van der Waals surface area contributed by atoms with Crippen LogP contribution < -0.4 is 4.90 Å². The molecule has 1 fully saturated rings. The molecule has 0 N–H and O–H groups in total. The summed E-state index contributed by atoms with van der Waals surface area (Å²) in [6.45, 7) is 2.46. The normalized spacial score (nSPS) is 17.1. The van der Waals surface area contributed by atoms with E-state index >= 15 is 0 Å². The van der Waals surface area contributed by atoms with Gasteiger partial charge >= 0.3 is 0 Å². The van der Waals surface area contributed by atoms with Gasteiger partial charge in [-0.05, 0) is 31.2 Å². The molecule has 3 aromatic rings. The minimum atomic E-state index is -3.41. The summed E-state index contributed by atoms with van der Waals surface area (Å²) >= 11 is 0. The highest BCUT2D eigenvalue weighted by molar-refractivity contribution is 7.91. The zero-order chi connectivity index (χ0) is 20.4. The summed E-state index contributed by atoms with van der Waals surface area (Å²) in [5, 5.41) is 3.91. The van der Waals surface area contributed by atoms with Crippen molar-refractivity contribution in [2.24, 2.45) is 0 Å². The Morgan fingerprint density at radius 2 is 1.83 bits per heavy atom. The Balaban J connectivity index is 1.42. The molecule has 2 aromatic carbocycles. The molecular weight excluding hydrogens is 390 g/mol. The summed E-state index contributed by atoms with van der Waals surface area (Å²) in [5.74, 6) is 0.413. The molecule has 2 heterocycles. The number of nitrogens with zero attached hydrogens (tertiary/aromatic N) is 3. The van der Waals surface area contributed by atoms with Crippen molar-refractivity contribution in [1.29, 1.82) is 0 Å². The number of hydrogen-bond acceptors (Lipinski definition) is 6. The van der Waals surface area contributed by atoms with Crippen LogP contribution in [0.3, 0.4) is 0 Å². The number of anilines is 1. The first-order chi connectivity index (χ1) is 13.9. The van der Waals surface area contributed by atoms with E-state index in [1.807, 2.05) is 31.2 Å². The standard InChI is InChI=1S/C21H21N3O4S/c1-15-7-9-17(10-8-15)24-14-16(13-20(24)25)21-22-19(23-28-21)11-12-29(26,27)18-5-3-2-4-6-18/h2-10,16H,11-14H2,1H3/t16-/m1/s1. The summed E-state index contributed by atoms with van der Waals surface area (Å²) in [5.41, 5.74) is 1.97. The number of hydrogen-bond donors (Lipinski definition) is 0. The Labute approximate surface area is 169 Å². The van der Waals surface area contributed by atoms with E-state index in [9.17, 15) is 13.2 Å². The number of aromatic nitrogens is 2. The van der Waals surface area contributed by atoms with Crippen LogP contribution in [0.5, 0.6) is 0 Å². The topological polar surface area (TPSA) is 93.4 Å². The van der Waals surface area contributed by atoms with Gasteiger partial charge < -0.3 is 9.42 Å². The van der Waals surface area contributed by atoms with Crippen molar-refractivity contribution in [3.8, 4) is 0 Å². The van der Waals surface area contributed by atoms with Crippen LogP contribution in [0.1, 0.15) is 29.6 Å². The van der Waals surface area contributed by atoms with Crippen LogP contribution in [0, 0.1) is 6.92 Å². The Hall–Kier alpha value is -3.00. The van der Waals surface area contributed by atoms with Gasteiger partial charge in [0.25, 0.3) is 0 Å². The van der Waals surface area contributed by atoms with Gasteiger partial charge in [0.1, 0.15) is 0 Å². The molecule has 0 unspecified atom stereocenters. The highest BCUT2D eigenvalue weighted by atomic mass is 32.2. The number of carbonyl (C=O) groups excluding carboxylic acids is 1. The summed E-state index contributed by atoms with van der Waals surface area (Å²) in [6, 6.07) is 16.1. The molecule has 0 radical (unpaired) electrons. The van der Waals surface area contributed by atoms with Crippen LogP contribution in [0.25, 0.3) is 0 Å². The lowest BCUT2D eigenvalue weighted by atomic mass is 10.1. The number of sulfone groups is 1. The maximum Gasteiger partial charge on any atom is 0.232 e. The van der Waals surface area contributed by atoms with Crippen LogP contribution in [0.2, 0.25) is 0 Å². The van der Waals surface area contributed by atoms with Crippen molar-refractivity contribution < 1.29 is 17.7 Å². The predicted molar refractivity (Wildman–Crippen MR) is 107 cm³/mol. The molecule has 150 valence electrons. The molecule has 1 aliphatic rings. The number of carbonyl (C=O) groups is 1. The monoisotopic (exact) mass is 411 g/mol. The third kappa shape index (κ3) is 4.22. The Bertz CT molecular complexity index is 1110. The largest absolute Gasteiger partial charge is 0.339 e. The van der Waals surface area contributed by atoms with Gasteiger partial charge in [0, 0.05) is 25.1 Å². The van der Waals surface area contributed by atoms with Crippen molar-refractivity contribution >= 4 is 21.4 Å². The van der Waals surface area contributed by atoms with E-state index in [2.05, 4.69) is 10.1 Å². The van der Waals surface area contributed by atoms with Gasteiger partial charge in [-0.2, -0.15) is 4.98 Å². The average molecular weight is 411 g/mol. The van der Waals surface area contributed by atoms with Gasteiger partial charge in [0.15, 0.2) is 15.7 Å². The van der Waals surface area contributed by atoms with Crippen LogP contribution >= 0.6 is 0 Å². The molecular formula is C21H21N3O4S. The first kappa shape index (κ1) is 19.3. The molecule has 7 nitrogen and oxygen atoms in total. The zero-order valence-electron chi connectivity index (χ0n) is 16.0. The molecule has 4 rings (SSSR count). The van der Waals surface area contributed by atoms with E-state index in [1.54, 1.807) is 35.2 Å². The fourth-order valence-corrected chi connectivity index (χ4v) is 4.61. The Kier molecular flexibility index (Phi) is 5.19. The van der Waals surface area contributed by atoms with Gasteiger partial charge in [-0.15, -0.1) is 0 Å². The van der Waals surface area contributed by atoms with Crippen molar-refractivity contribution in [3.63, 3.8) is 0 Å². The zero-order valence-corrected chi connectivity index (χ0v) is 16.8. The van der Waals surface area contributed by atoms with E-state index in [0.717, 1.165) is 11.3 Å². The lowest BCUT2D eigenvalue weighted by Crippen LogP contribution is -2.24. The maximum atomic E-state index is 12.4. The number of benzene rings is 2. The molecule has 1 aliphatic heterocycles. The molecule has 0 spiro atoms. The molecule has 1 amide bonds. The average Bonchev–Trinajstić information content (AvgIpc) is 3.35. The van der Waals surface area contributed by atoms with Gasteiger partial charge in [-0.25, -0.2) is 8.42 Å². The van der Waals surface area contributed by atoms with E-state index in [4.69, 9.17) is 4.52 Å². The van der Waals surface area contributed by atoms with E-state index in [0.29, 0.717) is 18.3 Å². The van der Waals surface area contributed by atoms with Gasteiger partial charge in [0.05, 0.1) is 16.6 Å². The molecule has 1 aromatic heterocycles. The van der Waals surface area contributed by atoms with E-state index in [1.165, 1.54) is 0 Å². The third-order valence-electron chi connectivity index (χ3n) is 5.00. The quantitative estimate of drug-likeness (QED) is 0.619. The summed E-state index contributed by atoms with van der Waals surface area (Å²) in [6.07, 6.45) is 0.445. The summed E-state index contributed by atoms with van der Waals surface area (Å²) in [4.78, 5) is 18.8. The molecule has 8 heteroatoms. The lowest BCUT2D eigenvalue weighted by Gasteiger charge is -2.16. The van der Waals surface area contributed by atoms with Crippen molar-refractivity contribution in [2.45, 2.75) is 30.6 Å². The van der Waals surface area contributed by atoms with Crippen molar-refractivity contribution in [2.75, 3.05) is 17.2 Å². The summed E-state index contributed by atoms with van der Waals surface area (Å²) in [7, 11) is -3.41. The fourth-order valence-electron chi connectivity index (χ4n) is 3.35. The van der Waals surface area contributed by atoms with Gasteiger partial charge in [-0.3, -0.25) is 4.79 Å². The van der Waals surface area contributed by atoms with Crippen LogP contribution in [-0.2, 0) is 21.1 Å². The SMILES string of the molecule is Cc1ccc(N2C[C@H](c3nc(CCS(=O)(=O)c4ccccc4)no3)CC2=O)cc1. The second kappa shape index (κ2) is 7.79. The fraction of sp³-hybridized carbons (Fsp3) is 0.286. The molecule has 1 atom stereocenters. The highest BCUT2D eigenvalue weighted by Gasteiger charge is 2.35. The maximum absolute atomic E-state index is 12.4. The number of aryl methyl sites for hydroxylation is 2. The van der Waals surface area contributed by atoms with E-state index in [-0.39, 0.29) is 35.3 Å². The van der Waals surface area contributed by atoms with Crippen LogP contribution in [-0.4, -0.2) is 36.8 Å². The second-order valence-corrected chi connectivity index (χ2v) is 9.28. The Morgan fingerprint density at radius 3 is 2.55 bits per heavy atom. The minimum Gasteiger partial charge on any atom is -0.339 e. The highest BCUT2D eigenvalue weighted by Crippen LogP contribution is 2.31. The summed E-state index contributed by atoms with van der Waals surface area (Å²) < 4.78 is 30.1.